The summed E-state index contributed by atoms with van der Waals surface area (Å²) < 4.78 is 5.61. The van der Waals surface area contributed by atoms with E-state index in [-0.39, 0.29) is 0 Å². The molecule has 0 bridgehead atoms. The fraction of sp³-hybridized carbons (Fsp3) is 0.538. The molecule has 0 N–H and O–H groups in total. The molecule has 0 saturated heterocycles. The second-order valence-corrected chi connectivity index (χ2v) is 4.96. The largest absolute Gasteiger partial charge is 0.494 e. The lowest BCUT2D eigenvalue weighted by atomic mass is 10.2. The molecular formula is C13H19BrO. The van der Waals surface area contributed by atoms with Gasteiger partial charge in [0.25, 0.3) is 0 Å². The molecule has 2 heteroatoms. The third kappa shape index (κ3) is 5.83. The predicted octanol–water partition coefficient (Wildman–Crippen LogP) is 4.41. The Morgan fingerprint density at radius 3 is 2.60 bits per heavy atom. The van der Waals surface area contributed by atoms with Crippen LogP contribution in [0.3, 0.4) is 0 Å². The van der Waals surface area contributed by atoms with Crippen molar-refractivity contribution in [3.63, 3.8) is 0 Å². The van der Waals surface area contributed by atoms with Crippen LogP contribution >= 0.6 is 15.9 Å². The molecule has 1 aromatic carbocycles. The van der Waals surface area contributed by atoms with E-state index in [0.717, 1.165) is 18.8 Å². The Labute approximate surface area is 101 Å². The number of ether oxygens (including phenoxy) is 1. The van der Waals surface area contributed by atoms with Crippen LogP contribution < -0.4 is 4.74 Å². The van der Waals surface area contributed by atoms with Crippen LogP contribution in [0.25, 0.3) is 0 Å². The maximum atomic E-state index is 5.61. The van der Waals surface area contributed by atoms with Crippen LogP contribution in [0, 0.1) is 0 Å². The monoisotopic (exact) mass is 270 g/mol. The Morgan fingerprint density at radius 2 is 1.93 bits per heavy atom. The molecule has 1 atom stereocenters. The van der Waals surface area contributed by atoms with Crippen molar-refractivity contribution in [3.8, 4) is 5.75 Å². The Hall–Kier alpha value is -0.500. The van der Waals surface area contributed by atoms with Gasteiger partial charge in [-0.2, -0.15) is 0 Å². The van der Waals surface area contributed by atoms with Crippen molar-refractivity contribution in [1.29, 1.82) is 0 Å². The standard InChI is InChI=1S/C13H19BrO/c1-2-12(14)8-6-7-11-15-13-9-4-3-5-10-13/h3-5,9-10,12H,2,6-8,11H2,1H3. The van der Waals surface area contributed by atoms with E-state index in [0.29, 0.717) is 4.83 Å². The summed E-state index contributed by atoms with van der Waals surface area (Å²) in [5.41, 5.74) is 0. The van der Waals surface area contributed by atoms with Gasteiger partial charge in [0.2, 0.25) is 0 Å². The van der Waals surface area contributed by atoms with Crippen molar-refractivity contribution in [2.75, 3.05) is 6.61 Å². The summed E-state index contributed by atoms with van der Waals surface area (Å²) >= 11 is 3.63. The van der Waals surface area contributed by atoms with E-state index in [4.69, 9.17) is 4.74 Å². The topological polar surface area (TPSA) is 9.23 Å². The molecule has 0 heterocycles. The zero-order valence-electron chi connectivity index (χ0n) is 9.29. The van der Waals surface area contributed by atoms with E-state index >= 15 is 0 Å². The van der Waals surface area contributed by atoms with E-state index in [2.05, 4.69) is 22.9 Å². The molecule has 1 nitrogen and oxygen atoms in total. The molecule has 1 unspecified atom stereocenters. The van der Waals surface area contributed by atoms with Gasteiger partial charge in [0.15, 0.2) is 0 Å². The van der Waals surface area contributed by atoms with Crippen molar-refractivity contribution >= 4 is 15.9 Å². The predicted molar refractivity (Wildman–Crippen MR) is 68.8 cm³/mol. The van der Waals surface area contributed by atoms with Gasteiger partial charge in [-0.05, 0) is 37.8 Å². The number of para-hydroxylation sites is 1. The second kappa shape index (κ2) is 7.75. The summed E-state index contributed by atoms with van der Waals surface area (Å²) in [5, 5.41) is 0. The highest BCUT2D eigenvalue weighted by Gasteiger charge is 1.99. The molecule has 0 aliphatic rings. The second-order valence-electron chi connectivity index (χ2n) is 3.66. The van der Waals surface area contributed by atoms with E-state index in [9.17, 15) is 0 Å². The summed E-state index contributed by atoms with van der Waals surface area (Å²) in [6.07, 6.45) is 4.82. The van der Waals surface area contributed by atoms with Gasteiger partial charge in [0, 0.05) is 4.83 Å². The molecular weight excluding hydrogens is 252 g/mol. The molecule has 1 rings (SSSR count). The molecule has 84 valence electrons. The van der Waals surface area contributed by atoms with E-state index in [1.807, 2.05) is 30.3 Å². The zero-order valence-corrected chi connectivity index (χ0v) is 10.9. The summed E-state index contributed by atoms with van der Waals surface area (Å²) in [7, 11) is 0. The minimum atomic E-state index is 0.675. The highest BCUT2D eigenvalue weighted by Crippen LogP contribution is 2.14. The average Bonchev–Trinajstić information content (AvgIpc) is 2.29. The van der Waals surface area contributed by atoms with Crippen molar-refractivity contribution in [2.24, 2.45) is 0 Å². The lowest BCUT2D eigenvalue weighted by Crippen LogP contribution is -2.00. The van der Waals surface area contributed by atoms with Gasteiger partial charge >= 0.3 is 0 Å². The molecule has 0 aliphatic heterocycles. The van der Waals surface area contributed by atoms with Gasteiger partial charge in [-0.3, -0.25) is 0 Å². The molecule has 15 heavy (non-hydrogen) atoms. The van der Waals surface area contributed by atoms with Crippen LogP contribution in [0.15, 0.2) is 30.3 Å². The van der Waals surface area contributed by atoms with Crippen molar-refractivity contribution in [1.82, 2.24) is 0 Å². The summed E-state index contributed by atoms with van der Waals surface area (Å²) in [6, 6.07) is 10.0. The lowest BCUT2D eigenvalue weighted by Gasteiger charge is -2.07. The first-order chi connectivity index (χ1) is 7.33. The Kier molecular flexibility index (Phi) is 6.49. The van der Waals surface area contributed by atoms with Crippen molar-refractivity contribution < 1.29 is 4.74 Å². The first-order valence-electron chi connectivity index (χ1n) is 5.65. The van der Waals surface area contributed by atoms with Crippen LogP contribution in [-0.4, -0.2) is 11.4 Å². The minimum absolute atomic E-state index is 0.675. The molecule has 0 aliphatic carbocycles. The number of hydrogen-bond donors (Lipinski definition) is 0. The molecule has 1 aromatic rings. The smallest absolute Gasteiger partial charge is 0.119 e. The molecule has 0 amide bonds. The highest BCUT2D eigenvalue weighted by molar-refractivity contribution is 9.09. The number of alkyl halides is 1. The molecule has 0 aromatic heterocycles. The van der Waals surface area contributed by atoms with E-state index < -0.39 is 0 Å². The quantitative estimate of drug-likeness (QED) is 0.527. The number of benzene rings is 1. The first kappa shape index (κ1) is 12.6. The van der Waals surface area contributed by atoms with Gasteiger partial charge in [0.05, 0.1) is 6.61 Å². The lowest BCUT2D eigenvalue weighted by molar-refractivity contribution is 0.305. The van der Waals surface area contributed by atoms with Crippen molar-refractivity contribution in [2.45, 2.75) is 37.4 Å². The van der Waals surface area contributed by atoms with Gasteiger partial charge in [0.1, 0.15) is 5.75 Å². The Morgan fingerprint density at radius 1 is 1.20 bits per heavy atom. The third-order valence-corrected chi connectivity index (χ3v) is 3.47. The van der Waals surface area contributed by atoms with Gasteiger partial charge in [-0.25, -0.2) is 0 Å². The van der Waals surface area contributed by atoms with Crippen LogP contribution in [0.2, 0.25) is 0 Å². The van der Waals surface area contributed by atoms with Crippen molar-refractivity contribution in [3.05, 3.63) is 30.3 Å². The van der Waals surface area contributed by atoms with E-state index in [1.165, 1.54) is 19.3 Å². The molecule has 0 saturated carbocycles. The minimum Gasteiger partial charge on any atom is -0.494 e. The summed E-state index contributed by atoms with van der Waals surface area (Å²) in [5.74, 6) is 0.975. The molecule has 0 fully saturated rings. The maximum absolute atomic E-state index is 5.61. The van der Waals surface area contributed by atoms with E-state index in [1.54, 1.807) is 0 Å². The van der Waals surface area contributed by atoms with Crippen LogP contribution in [0.5, 0.6) is 5.75 Å². The third-order valence-electron chi connectivity index (χ3n) is 2.37. The molecule has 0 spiro atoms. The van der Waals surface area contributed by atoms with Crippen LogP contribution in [-0.2, 0) is 0 Å². The number of halogens is 1. The van der Waals surface area contributed by atoms with Gasteiger partial charge in [-0.15, -0.1) is 0 Å². The molecule has 0 radical (unpaired) electrons. The maximum Gasteiger partial charge on any atom is 0.119 e. The number of rotatable bonds is 7. The summed E-state index contributed by atoms with van der Waals surface area (Å²) in [4.78, 5) is 0.675. The highest BCUT2D eigenvalue weighted by atomic mass is 79.9. The zero-order chi connectivity index (χ0) is 10.9. The Balaban J connectivity index is 2.03. The SMILES string of the molecule is CCC(Br)CCCCOc1ccccc1. The fourth-order valence-corrected chi connectivity index (χ4v) is 1.70. The average molecular weight is 271 g/mol. The Bertz CT molecular complexity index is 248. The summed E-state index contributed by atoms with van der Waals surface area (Å²) in [6.45, 7) is 3.04. The van der Waals surface area contributed by atoms with Crippen LogP contribution in [0.1, 0.15) is 32.6 Å². The normalized spacial score (nSPS) is 12.4. The number of unbranched alkanes of at least 4 members (excludes halogenated alkanes) is 1. The first-order valence-corrected chi connectivity index (χ1v) is 6.56. The number of hydrogen-bond acceptors (Lipinski definition) is 1. The van der Waals surface area contributed by atoms with Gasteiger partial charge in [-0.1, -0.05) is 41.1 Å². The van der Waals surface area contributed by atoms with Gasteiger partial charge < -0.3 is 4.74 Å². The van der Waals surface area contributed by atoms with Crippen LogP contribution in [0.4, 0.5) is 0 Å². The fourth-order valence-electron chi connectivity index (χ4n) is 1.38.